The Morgan fingerprint density at radius 1 is 1.03 bits per heavy atom. The molecular weight excluding hydrogens is 420 g/mol. The molecule has 3 aromatic rings. The highest BCUT2D eigenvalue weighted by atomic mass is 32.2. The zero-order chi connectivity index (χ0) is 21.2. The summed E-state index contributed by atoms with van der Waals surface area (Å²) in [6.07, 6.45) is 0. The fraction of sp³-hybridized carbons (Fsp3) is 0.0556. The van der Waals surface area contributed by atoms with Crippen LogP contribution in [0.3, 0.4) is 0 Å². The zero-order valence-electron chi connectivity index (χ0n) is 14.8. The van der Waals surface area contributed by atoms with Crippen LogP contribution in [0.2, 0.25) is 0 Å². The predicted molar refractivity (Wildman–Crippen MR) is 105 cm³/mol. The number of methoxy groups -OCH3 is 1. The molecule has 3 N–H and O–H groups in total. The van der Waals surface area contributed by atoms with Gasteiger partial charge >= 0.3 is 11.9 Å². The third-order valence-electron chi connectivity index (χ3n) is 3.83. The lowest BCUT2D eigenvalue weighted by Crippen LogP contribution is -2.14. The van der Waals surface area contributed by atoms with E-state index in [1.807, 2.05) is 0 Å². The Morgan fingerprint density at radius 2 is 1.66 bits per heavy atom. The maximum Gasteiger partial charge on any atom is 0.335 e. The Bertz CT molecular complexity index is 1190. The van der Waals surface area contributed by atoms with E-state index in [2.05, 4.69) is 9.71 Å². The average molecular weight is 434 g/mol. The molecule has 1 aromatic heterocycles. The number of hydrogen-bond donors (Lipinski definition) is 3. The van der Waals surface area contributed by atoms with Crippen LogP contribution in [0.25, 0.3) is 10.6 Å². The summed E-state index contributed by atoms with van der Waals surface area (Å²) >= 11 is 1.08. The molecule has 3 rings (SSSR count). The number of ether oxygens (including phenoxy) is 1. The molecule has 11 heteroatoms. The van der Waals surface area contributed by atoms with Gasteiger partial charge in [0.1, 0.15) is 10.8 Å². The van der Waals surface area contributed by atoms with Crippen LogP contribution in [-0.4, -0.2) is 42.7 Å². The third kappa shape index (κ3) is 4.36. The Kier molecular flexibility index (Phi) is 5.52. The number of carboxylic acids is 2. The second-order valence-electron chi connectivity index (χ2n) is 5.70. The van der Waals surface area contributed by atoms with Crippen LogP contribution in [0.15, 0.2) is 52.9 Å². The molecule has 0 amide bonds. The summed E-state index contributed by atoms with van der Waals surface area (Å²) in [5.41, 5.74) is 0.699. The van der Waals surface area contributed by atoms with E-state index in [-0.39, 0.29) is 27.6 Å². The lowest BCUT2D eigenvalue weighted by Gasteiger charge is -2.11. The van der Waals surface area contributed by atoms with Crippen molar-refractivity contribution < 1.29 is 33.0 Å². The van der Waals surface area contributed by atoms with Crippen LogP contribution in [0.4, 0.5) is 5.69 Å². The summed E-state index contributed by atoms with van der Waals surface area (Å²) in [7, 11) is -2.77. The minimum atomic E-state index is -4.06. The molecule has 0 saturated heterocycles. The van der Waals surface area contributed by atoms with Crippen molar-refractivity contribution in [1.82, 2.24) is 4.98 Å². The Morgan fingerprint density at radius 3 is 2.24 bits per heavy atom. The second kappa shape index (κ2) is 7.89. The van der Waals surface area contributed by atoms with Crippen molar-refractivity contribution >= 4 is 39.0 Å². The quantitative estimate of drug-likeness (QED) is 0.515. The molecule has 0 aliphatic heterocycles. The smallest absolute Gasteiger partial charge is 0.335 e. The molecule has 0 saturated carbocycles. The monoisotopic (exact) mass is 434 g/mol. The van der Waals surface area contributed by atoms with E-state index >= 15 is 0 Å². The van der Waals surface area contributed by atoms with Gasteiger partial charge in [-0.15, -0.1) is 11.3 Å². The van der Waals surface area contributed by atoms with Gasteiger partial charge in [-0.2, -0.15) is 8.42 Å². The van der Waals surface area contributed by atoms with Gasteiger partial charge in [0, 0.05) is 10.9 Å². The van der Waals surface area contributed by atoms with Crippen molar-refractivity contribution in [2.24, 2.45) is 0 Å². The Hall–Kier alpha value is -3.44. The van der Waals surface area contributed by atoms with Crippen molar-refractivity contribution in [3.8, 4) is 16.3 Å². The molecule has 9 nitrogen and oxygen atoms in total. The first-order chi connectivity index (χ1) is 13.7. The van der Waals surface area contributed by atoms with Gasteiger partial charge in [-0.1, -0.05) is 12.1 Å². The normalized spacial score (nSPS) is 11.1. The molecule has 0 bridgehead atoms. The highest BCUT2D eigenvalue weighted by Gasteiger charge is 2.21. The molecule has 0 aliphatic carbocycles. The summed E-state index contributed by atoms with van der Waals surface area (Å²) in [4.78, 5) is 26.1. The van der Waals surface area contributed by atoms with Crippen LogP contribution in [-0.2, 0) is 10.0 Å². The minimum absolute atomic E-state index is 0.0492. The van der Waals surface area contributed by atoms with Gasteiger partial charge in [0.05, 0.1) is 23.9 Å². The van der Waals surface area contributed by atoms with Gasteiger partial charge in [-0.05, 0) is 30.3 Å². The van der Waals surface area contributed by atoms with Gasteiger partial charge in [0.25, 0.3) is 10.0 Å². The number of carbonyl (C=O) groups is 2. The lowest BCUT2D eigenvalue weighted by atomic mass is 10.1. The predicted octanol–water partition coefficient (Wildman–Crippen LogP) is 3.02. The van der Waals surface area contributed by atoms with Crippen molar-refractivity contribution in [1.29, 1.82) is 0 Å². The fourth-order valence-electron chi connectivity index (χ4n) is 2.38. The van der Waals surface area contributed by atoms with E-state index in [1.54, 1.807) is 12.1 Å². The molecule has 0 fully saturated rings. The molecule has 0 atom stereocenters. The molecule has 0 spiro atoms. The van der Waals surface area contributed by atoms with Crippen LogP contribution in [0, 0.1) is 0 Å². The van der Waals surface area contributed by atoms with Gasteiger partial charge in [0.2, 0.25) is 0 Å². The average Bonchev–Trinajstić information content (AvgIpc) is 3.19. The summed E-state index contributed by atoms with van der Waals surface area (Å²) in [6, 6.07) is 9.63. The van der Waals surface area contributed by atoms with E-state index in [0.717, 1.165) is 11.3 Å². The van der Waals surface area contributed by atoms with Crippen LogP contribution >= 0.6 is 11.3 Å². The number of sulfonamides is 1. The van der Waals surface area contributed by atoms with Crippen molar-refractivity contribution in [2.45, 2.75) is 5.03 Å². The largest absolute Gasteiger partial charge is 0.495 e. The van der Waals surface area contributed by atoms with E-state index < -0.39 is 22.0 Å². The first kappa shape index (κ1) is 20.3. The molecular formula is C18H14N2O7S2. The Labute approximate surface area is 169 Å². The first-order valence-electron chi connectivity index (χ1n) is 7.94. The summed E-state index contributed by atoms with van der Waals surface area (Å²) in [6.45, 7) is 0. The Balaban J connectivity index is 1.87. The zero-order valence-corrected chi connectivity index (χ0v) is 16.5. The number of nitrogens with one attached hydrogen (secondary N) is 1. The first-order valence-corrected chi connectivity index (χ1v) is 10.3. The topological polar surface area (TPSA) is 143 Å². The molecule has 0 unspecified atom stereocenters. The van der Waals surface area contributed by atoms with Crippen molar-refractivity contribution in [3.05, 3.63) is 59.0 Å². The third-order valence-corrected chi connectivity index (χ3v) is 6.12. The molecule has 0 radical (unpaired) electrons. The fourth-order valence-corrected chi connectivity index (χ4v) is 4.55. The lowest BCUT2D eigenvalue weighted by molar-refractivity contribution is 0.0686. The van der Waals surface area contributed by atoms with Crippen LogP contribution in [0.5, 0.6) is 5.75 Å². The van der Waals surface area contributed by atoms with Crippen molar-refractivity contribution in [2.75, 3.05) is 11.8 Å². The summed E-state index contributed by atoms with van der Waals surface area (Å²) < 4.78 is 32.7. The van der Waals surface area contributed by atoms with Gasteiger partial charge < -0.3 is 14.9 Å². The SMILES string of the molecule is COc1cc(C(=O)O)ccc1NS(=O)(=O)c1csc(-c2ccc(C(=O)O)cc2)n1. The second-order valence-corrected chi connectivity index (χ2v) is 8.19. The maximum atomic E-state index is 12.7. The highest BCUT2D eigenvalue weighted by molar-refractivity contribution is 7.92. The molecule has 1 heterocycles. The maximum absolute atomic E-state index is 12.7. The van der Waals surface area contributed by atoms with E-state index in [9.17, 15) is 18.0 Å². The number of aromatic carboxylic acids is 2. The number of carboxylic acid groups (broad SMARTS) is 2. The van der Waals surface area contributed by atoms with Gasteiger partial charge in [-0.25, -0.2) is 14.6 Å². The number of anilines is 1. The number of aromatic nitrogens is 1. The van der Waals surface area contributed by atoms with E-state index in [1.165, 1.54) is 42.8 Å². The number of nitrogens with zero attached hydrogens (tertiary/aromatic N) is 1. The van der Waals surface area contributed by atoms with E-state index in [0.29, 0.717) is 10.6 Å². The van der Waals surface area contributed by atoms with E-state index in [4.69, 9.17) is 14.9 Å². The molecule has 150 valence electrons. The number of hydrogen-bond acceptors (Lipinski definition) is 7. The van der Waals surface area contributed by atoms with Crippen LogP contribution < -0.4 is 9.46 Å². The standard InChI is InChI=1S/C18H14N2O7S2/c1-27-14-8-12(18(23)24)6-7-13(14)20-29(25,26)15-9-28-16(19-15)10-2-4-11(5-3-10)17(21)22/h2-9,20H,1H3,(H,21,22)(H,23,24). The van der Waals surface area contributed by atoms with Gasteiger partial charge in [0.15, 0.2) is 5.03 Å². The highest BCUT2D eigenvalue weighted by Crippen LogP contribution is 2.30. The number of benzene rings is 2. The van der Waals surface area contributed by atoms with Crippen molar-refractivity contribution in [3.63, 3.8) is 0 Å². The number of thiazole rings is 1. The molecule has 29 heavy (non-hydrogen) atoms. The van der Waals surface area contributed by atoms with Crippen LogP contribution in [0.1, 0.15) is 20.7 Å². The molecule has 0 aliphatic rings. The van der Waals surface area contributed by atoms with Gasteiger partial charge in [-0.3, -0.25) is 4.72 Å². The number of rotatable bonds is 7. The minimum Gasteiger partial charge on any atom is -0.495 e. The molecule has 2 aromatic carbocycles. The summed E-state index contributed by atoms with van der Waals surface area (Å²) in [5.74, 6) is -2.19. The summed E-state index contributed by atoms with van der Waals surface area (Å²) in [5, 5.41) is 19.5.